The van der Waals surface area contributed by atoms with E-state index in [4.69, 9.17) is 13.9 Å². The van der Waals surface area contributed by atoms with Crippen LogP contribution >= 0.6 is 0 Å². The molecule has 0 unspecified atom stereocenters. The first-order valence-electron chi connectivity index (χ1n) is 9.42. The van der Waals surface area contributed by atoms with E-state index in [9.17, 15) is 4.79 Å². The Morgan fingerprint density at radius 3 is 2.75 bits per heavy atom. The molecular formula is C22H24N2O4. The molecule has 1 aromatic heterocycles. The summed E-state index contributed by atoms with van der Waals surface area (Å²) in [6.45, 7) is 5.95. The maximum absolute atomic E-state index is 12.9. The van der Waals surface area contributed by atoms with Crippen LogP contribution in [0, 0.1) is 6.92 Å². The van der Waals surface area contributed by atoms with Gasteiger partial charge in [0.2, 0.25) is 0 Å². The summed E-state index contributed by atoms with van der Waals surface area (Å²) in [5.74, 6) is 0.774. The number of nitrogens with zero attached hydrogens (tertiary/aromatic N) is 1. The molecule has 1 fully saturated rings. The van der Waals surface area contributed by atoms with Crippen LogP contribution in [0.15, 0.2) is 46.9 Å². The second kappa shape index (κ2) is 8.04. The Labute approximate surface area is 164 Å². The first-order chi connectivity index (χ1) is 13.7. The number of fused-ring (bicyclic) bond motifs is 1. The lowest BCUT2D eigenvalue weighted by molar-refractivity contribution is 0.0342. The number of morpholine rings is 1. The quantitative estimate of drug-likeness (QED) is 0.729. The van der Waals surface area contributed by atoms with E-state index in [0.717, 1.165) is 55.0 Å². The van der Waals surface area contributed by atoms with Crippen molar-refractivity contribution in [2.45, 2.75) is 13.5 Å². The summed E-state index contributed by atoms with van der Waals surface area (Å²) >= 11 is 0. The maximum atomic E-state index is 12.9. The van der Waals surface area contributed by atoms with E-state index in [1.54, 1.807) is 13.2 Å². The van der Waals surface area contributed by atoms with Gasteiger partial charge in [-0.2, -0.15) is 0 Å². The van der Waals surface area contributed by atoms with Crippen LogP contribution in [0.25, 0.3) is 11.0 Å². The third-order valence-electron chi connectivity index (χ3n) is 5.11. The smallest absolute Gasteiger partial charge is 0.291 e. The average molecular weight is 380 g/mol. The Morgan fingerprint density at radius 1 is 1.18 bits per heavy atom. The maximum Gasteiger partial charge on any atom is 0.291 e. The standard InChI is InChI=1S/C22H24N2O4/c1-15-18-8-7-17(26-2)13-20(18)28-21(15)22(25)23-19-6-4-3-5-16(19)14-24-9-11-27-12-10-24/h3-8,13H,9-12,14H2,1-2H3,(H,23,25). The van der Waals surface area contributed by atoms with Crippen molar-refractivity contribution in [1.29, 1.82) is 0 Å². The van der Waals surface area contributed by atoms with Crippen LogP contribution in [0.1, 0.15) is 21.7 Å². The molecule has 1 aliphatic heterocycles. The van der Waals surface area contributed by atoms with Crippen molar-refractivity contribution in [3.05, 3.63) is 59.4 Å². The van der Waals surface area contributed by atoms with E-state index in [1.165, 1.54) is 0 Å². The van der Waals surface area contributed by atoms with Crippen molar-refractivity contribution in [2.75, 3.05) is 38.7 Å². The third kappa shape index (κ3) is 3.74. The predicted octanol–water partition coefficient (Wildman–Crippen LogP) is 3.83. The van der Waals surface area contributed by atoms with Crippen LogP contribution in [0.3, 0.4) is 0 Å². The lowest BCUT2D eigenvalue weighted by atomic mass is 10.1. The summed E-state index contributed by atoms with van der Waals surface area (Å²) in [4.78, 5) is 15.3. The van der Waals surface area contributed by atoms with Crippen molar-refractivity contribution < 1.29 is 18.7 Å². The van der Waals surface area contributed by atoms with Gasteiger partial charge in [-0.25, -0.2) is 0 Å². The van der Waals surface area contributed by atoms with Crippen LogP contribution < -0.4 is 10.1 Å². The molecule has 0 atom stereocenters. The van der Waals surface area contributed by atoms with Gasteiger partial charge in [-0.15, -0.1) is 0 Å². The Balaban J connectivity index is 1.57. The molecule has 2 heterocycles. The van der Waals surface area contributed by atoms with Crippen molar-refractivity contribution in [2.24, 2.45) is 0 Å². The number of rotatable bonds is 5. The van der Waals surface area contributed by atoms with Crippen molar-refractivity contribution in [3.8, 4) is 5.75 Å². The number of furan rings is 1. The molecule has 1 saturated heterocycles. The zero-order valence-electron chi connectivity index (χ0n) is 16.2. The SMILES string of the molecule is COc1ccc2c(C)c(C(=O)Nc3ccccc3CN3CCOCC3)oc2c1. The van der Waals surface area contributed by atoms with E-state index in [-0.39, 0.29) is 5.91 Å². The number of benzene rings is 2. The molecule has 1 aliphatic rings. The van der Waals surface area contributed by atoms with Crippen molar-refractivity contribution in [1.82, 2.24) is 4.90 Å². The van der Waals surface area contributed by atoms with Gasteiger partial charge in [0, 0.05) is 42.3 Å². The van der Waals surface area contributed by atoms with Crippen molar-refractivity contribution in [3.63, 3.8) is 0 Å². The van der Waals surface area contributed by atoms with Gasteiger partial charge < -0.3 is 19.2 Å². The first-order valence-corrected chi connectivity index (χ1v) is 9.42. The summed E-state index contributed by atoms with van der Waals surface area (Å²) in [6.07, 6.45) is 0. The van der Waals surface area contributed by atoms with Gasteiger partial charge in [0.15, 0.2) is 5.76 Å². The number of hydrogen-bond acceptors (Lipinski definition) is 5. The zero-order chi connectivity index (χ0) is 19.5. The summed E-state index contributed by atoms with van der Waals surface area (Å²) in [6, 6.07) is 13.5. The van der Waals surface area contributed by atoms with Crippen LogP contribution in [-0.4, -0.2) is 44.2 Å². The monoisotopic (exact) mass is 380 g/mol. The number of para-hydroxylation sites is 1. The second-order valence-corrected chi connectivity index (χ2v) is 6.92. The lowest BCUT2D eigenvalue weighted by Gasteiger charge is -2.27. The van der Waals surface area contributed by atoms with Gasteiger partial charge in [0.05, 0.1) is 20.3 Å². The highest BCUT2D eigenvalue weighted by molar-refractivity contribution is 6.06. The number of ether oxygens (including phenoxy) is 2. The van der Waals surface area contributed by atoms with Gasteiger partial charge in [0.1, 0.15) is 11.3 Å². The van der Waals surface area contributed by atoms with Crippen LogP contribution in [0.5, 0.6) is 5.75 Å². The number of amides is 1. The van der Waals surface area contributed by atoms with E-state index < -0.39 is 0 Å². The molecule has 0 bridgehead atoms. The molecule has 6 nitrogen and oxygen atoms in total. The van der Waals surface area contributed by atoms with Gasteiger partial charge in [-0.1, -0.05) is 18.2 Å². The fourth-order valence-corrected chi connectivity index (χ4v) is 3.51. The second-order valence-electron chi connectivity index (χ2n) is 6.92. The fourth-order valence-electron chi connectivity index (χ4n) is 3.51. The molecule has 0 saturated carbocycles. The third-order valence-corrected chi connectivity index (χ3v) is 5.11. The fraction of sp³-hybridized carbons (Fsp3) is 0.318. The Kier molecular flexibility index (Phi) is 5.32. The normalized spacial score (nSPS) is 14.9. The molecule has 28 heavy (non-hydrogen) atoms. The van der Waals surface area contributed by atoms with Gasteiger partial charge >= 0.3 is 0 Å². The number of carbonyl (C=O) groups excluding carboxylic acids is 1. The number of aryl methyl sites for hydroxylation is 1. The number of anilines is 1. The molecule has 6 heteroatoms. The highest BCUT2D eigenvalue weighted by Gasteiger charge is 2.20. The zero-order valence-corrected chi connectivity index (χ0v) is 16.2. The summed E-state index contributed by atoms with van der Waals surface area (Å²) in [5, 5.41) is 3.93. The molecule has 3 aromatic rings. The Bertz CT molecular complexity index is 989. The molecular weight excluding hydrogens is 356 g/mol. The largest absolute Gasteiger partial charge is 0.497 e. The number of hydrogen-bond donors (Lipinski definition) is 1. The minimum Gasteiger partial charge on any atom is -0.497 e. The van der Waals surface area contributed by atoms with Crippen LogP contribution in [0.2, 0.25) is 0 Å². The molecule has 0 spiro atoms. The first kappa shape index (κ1) is 18.5. The highest BCUT2D eigenvalue weighted by atomic mass is 16.5. The Hall–Kier alpha value is -2.83. The number of nitrogens with one attached hydrogen (secondary N) is 1. The van der Waals surface area contributed by atoms with Gasteiger partial charge in [0.25, 0.3) is 5.91 Å². The van der Waals surface area contributed by atoms with Gasteiger partial charge in [-0.05, 0) is 30.7 Å². The minimum atomic E-state index is -0.248. The minimum absolute atomic E-state index is 0.248. The summed E-state index contributed by atoms with van der Waals surface area (Å²) in [5.41, 5.74) is 3.34. The molecule has 0 radical (unpaired) electrons. The molecule has 1 amide bonds. The van der Waals surface area contributed by atoms with Gasteiger partial charge in [-0.3, -0.25) is 9.69 Å². The Morgan fingerprint density at radius 2 is 1.96 bits per heavy atom. The van der Waals surface area contributed by atoms with E-state index in [1.807, 2.05) is 43.3 Å². The van der Waals surface area contributed by atoms with E-state index in [0.29, 0.717) is 17.1 Å². The summed E-state index contributed by atoms with van der Waals surface area (Å²) in [7, 11) is 1.61. The molecule has 2 aromatic carbocycles. The molecule has 146 valence electrons. The van der Waals surface area contributed by atoms with Crippen molar-refractivity contribution >= 4 is 22.6 Å². The molecule has 1 N–H and O–H groups in total. The van der Waals surface area contributed by atoms with Crippen LogP contribution in [0.4, 0.5) is 5.69 Å². The lowest BCUT2D eigenvalue weighted by Crippen LogP contribution is -2.35. The number of methoxy groups -OCH3 is 1. The molecule has 0 aliphatic carbocycles. The predicted molar refractivity (Wildman–Crippen MR) is 108 cm³/mol. The highest BCUT2D eigenvalue weighted by Crippen LogP contribution is 2.29. The summed E-state index contributed by atoms with van der Waals surface area (Å²) < 4.78 is 16.5. The molecule has 4 rings (SSSR count). The van der Waals surface area contributed by atoms with E-state index in [2.05, 4.69) is 10.2 Å². The average Bonchev–Trinajstić information content (AvgIpc) is 3.06. The van der Waals surface area contributed by atoms with E-state index >= 15 is 0 Å². The van der Waals surface area contributed by atoms with Crippen LogP contribution in [-0.2, 0) is 11.3 Å². The topological polar surface area (TPSA) is 63.9 Å². The number of carbonyl (C=O) groups is 1.